The van der Waals surface area contributed by atoms with Gasteiger partial charge in [0.05, 0.1) is 0 Å². The van der Waals surface area contributed by atoms with Crippen LogP contribution in [0.4, 0.5) is 9.18 Å². The number of rotatable bonds is 11. The van der Waals surface area contributed by atoms with Gasteiger partial charge in [-0.1, -0.05) is 40.7 Å². The van der Waals surface area contributed by atoms with Gasteiger partial charge in [-0.2, -0.15) is 4.31 Å². The second-order valence-corrected chi connectivity index (χ2v) is 25.0. The van der Waals surface area contributed by atoms with Crippen LogP contribution < -0.4 is 16.2 Å². The Kier molecular flexibility index (Phi) is 11.4. The number of carbonyl (C=O) groups excluding carboxylic acids is 2. The van der Waals surface area contributed by atoms with Crippen LogP contribution in [0.15, 0.2) is 46.2 Å². The standard InChI is InChI=1S/C40H57FN4O7SSi/c1-25-31(19-27(20-33(25)41)35(46)42-28-13-14-28)26-12-15-30-32(18-26)34(53(49,50)45-17-16-29(21-45)43-37(48)52-38(2,3)4)22-44(36(30)47)23-40(8,9)24-51-54(10,11)39(5,6)7/h12,15,18-20,22,28-29H,13-14,16-17,21,23-24H2,1-11H3,(H,42,46)(H,43,48)/t29-/m1/s1. The first-order chi connectivity index (χ1) is 24.8. The number of alkyl carbamates (subject to hydrolysis) is 1. The highest BCUT2D eigenvalue weighted by atomic mass is 32.2. The number of pyridine rings is 1. The van der Waals surface area contributed by atoms with E-state index in [0.717, 1.165) is 12.8 Å². The number of benzene rings is 2. The summed E-state index contributed by atoms with van der Waals surface area (Å²) in [5.41, 5.74) is -0.313. The van der Waals surface area contributed by atoms with E-state index in [2.05, 4.69) is 44.5 Å². The van der Waals surface area contributed by atoms with E-state index in [4.69, 9.17) is 9.16 Å². The van der Waals surface area contributed by atoms with Gasteiger partial charge in [0.15, 0.2) is 8.32 Å². The smallest absolute Gasteiger partial charge is 0.407 e. The number of amides is 2. The van der Waals surface area contributed by atoms with Crippen LogP contribution in [0.1, 0.15) is 90.6 Å². The van der Waals surface area contributed by atoms with Gasteiger partial charge in [-0.25, -0.2) is 17.6 Å². The molecule has 2 N–H and O–H groups in total. The van der Waals surface area contributed by atoms with Crippen molar-refractivity contribution < 1.29 is 31.6 Å². The molecule has 1 saturated heterocycles. The van der Waals surface area contributed by atoms with E-state index in [-0.39, 0.29) is 69.0 Å². The third-order valence-electron chi connectivity index (χ3n) is 10.6. The van der Waals surface area contributed by atoms with E-state index < -0.39 is 47.3 Å². The Morgan fingerprint density at radius 3 is 2.22 bits per heavy atom. The molecule has 1 aliphatic carbocycles. The van der Waals surface area contributed by atoms with E-state index in [1.165, 1.54) is 21.1 Å². The number of ether oxygens (including phenoxy) is 1. The molecule has 0 spiro atoms. The number of hydrogen-bond acceptors (Lipinski definition) is 7. The predicted octanol–water partition coefficient (Wildman–Crippen LogP) is 7.34. The van der Waals surface area contributed by atoms with Crippen LogP contribution in [0.5, 0.6) is 0 Å². The van der Waals surface area contributed by atoms with E-state index in [1.54, 1.807) is 52.0 Å². The molecule has 1 aliphatic heterocycles. The lowest BCUT2D eigenvalue weighted by molar-refractivity contribution is 0.0507. The highest BCUT2D eigenvalue weighted by molar-refractivity contribution is 7.89. The maximum atomic E-state index is 15.3. The number of sulfonamides is 1. The Morgan fingerprint density at radius 1 is 0.944 bits per heavy atom. The van der Waals surface area contributed by atoms with Gasteiger partial charge < -0.3 is 24.4 Å². The van der Waals surface area contributed by atoms with Crippen molar-refractivity contribution in [2.24, 2.45) is 5.41 Å². The van der Waals surface area contributed by atoms with Gasteiger partial charge in [0.1, 0.15) is 16.3 Å². The minimum Gasteiger partial charge on any atom is -0.444 e. The zero-order valence-corrected chi connectivity index (χ0v) is 35.4. The van der Waals surface area contributed by atoms with E-state index in [1.807, 2.05) is 13.8 Å². The van der Waals surface area contributed by atoms with E-state index >= 15 is 4.39 Å². The van der Waals surface area contributed by atoms with Crippen LogP contribution in [0.3, 0.4) is 0 Å². The van der Waals surface area contributed by atoms with Crippen molar-refractivity contribution in [3.05, 3.63) is 63.8 Å². The van der Waals surface area contributed by atoms with Gasteiger partial charge in [0.25, 0.3) is 11.5 Å². The molecule has 1 saturated carbocycles. The Balaban J connectivity index is 1.58. The molecule has 0 bridgehead atoms. The zero-order valence-electron chi connectivity index (χ0n) is 33.6. The summed E-state index contributed by atoms with van der Waals surface area (Å²) in [7, 11) is -6.37. The van der Waals surface area contributed by atoms with E-state index in [9.17, 15) is 22.8 Å². The molecule has 1 atom stereocenters. The van der Waals surface area contributed by atoms with Crippen LogP contribution >= 0.6 is 0 Å². The van der Waals surface area contributed by atoms with Crippen molar-refractivity contribution >= 4 is 41.1 Å². The van der Waals surface area contributed by atoms with Gasteiger partial charge >= 0.3 is 6.09 Å². The van der Waals surface area contributed by atoms with Gasteiger partial charge in [-0.3, -0.25) is 9.59 Å². The van der Waals surface area contributed by atoms with Crippen LogP contribution in [-0.2, 0) is 25.7 Å². The van der Waals surface area contributed by atoms with Crippen LogP contribution in [0, 0.1) is 18.2 Å². The molecule has 11 nitrogen and oxygen atoms in total. The topological polar surface area (TPSA) is 136 Å². The lowest BCUT2D eigenvalue weighted by Gasteiger charge is -2.39. The summed E-state index contributed by atoms with van der Waals surface area (Å²) >= 11 is 0. The minimum absolute atomic E-state index is 0.0101. The number of carbonyl (C=O) groups is 2. The Hall–Kier alpha value is -3.59. The van der Waals surface area contributed by atoms with Crippen molar-refractivity contribution in [3.63, 3.8) is 0 Å². The average molecular weight is 785 g/mol. The molecule has 54 heavy (non-hydrogen) atoms. The number of nitrogens with one attached hydrogen (secondary N) is 2. The van der Waals surface area contributed by atoms with Crippen molar-refractivity contribution in [2.75, 3.05) is 19.7 Å². The van der Waals surface area contributed by atoms with Crippen molar-refractivity contribution in [3.8, 4) is 11.1 Å². The summed E-state index contributed by atoms with van der Waals surface area (Å²) < 4.78 is 59.4. The molecule has 2 fully saturated rings. The fraction of sp³-hybridized carbons (Fsp3) is 0.575. The quantitative estimate of drug-likeness (QED) is 0.194. The largest absolute Gasteiger partial charge is 0.444 e. The summed E-state index contributed by atoms with van der Waals surface area (Å²) in [6.07, 6.45) is 2.89. The third-order valence-corrected chi connectivity index (χ3v) is 17.0. The lowest BCUT2D eigenvalue weighted by atomic mass is 9.94. The first kappa shape index (κ1) is 41.6. The predicted molar refractivity (Wildman–Crippen MR) is 212 cm³/mol. The van der Waals surface area contributed by atoms with Crippen LogP contribution in [0.25, 0.3) is 21.9 Å². The highest BCUT2D eigenvalue weighted by Crippen LogP contribution is 2.38. The van der Waals surface area contributed by atoms with Crippen molar-refractivity contribution in [1.29, 1.82) is 0 Å². The molecule has 0 radical (unpaired) electrons. The first-order valence-corrected chi connectivity index (χ1v) is 23.1. The number of halogens is 1. The van der Waals surface area contributed by atoms with Crippen LogP contribution in [0.2, 0.25) is 18.1 Å². The second kappa shape index (κ2) is 14.8. The maximum absolute atomic E-state index is 15.3. The normalized spacial score (nSPS) is 17.5. The molecule has 14 heteroatoms. The molecule has 2 aliphatic rings. The van der Waals surface area contributed by atoms with Gasteiger partial charge in [0.2, 0.25) is 10.0 Å². The average Bonchev–Trinajstić information content (AvgIpc) is 3.73. The molecule has 296 valence electrons. The van der Waals surface area contributed by atoms with Crippen molar-refractivity contribution in [1.82, 2.24) is 19.5 Å². The molecule has 2 amide bonds. The van der Waals surface area contributed by atoms with Crippen LogP contribution in [-0.4, -0.2) is 75.0 Å². The highest BCUT2D eigenvalue weighted by Gasteiger charge is 2.39. The minimum atomic E-state index is -4.25. The third kappa shape index (κ3) is 9.43. The van der Waals surface area contributed by atoms with Gasteiger partial charge in [0, 0.05) is 66.3 Å². The Labute approximate surface area is 320 Å². The van der Waals surface area contributed by atoms with Crippen molar-refractivity contribution in [2.45, 2.75) is 129 Å². The molecule has 2 heterocycles. The molecule has 5 rings (SSSR count). The molecule has 3 aromatic rings. The Morgan fingerprint density at radius 2 is 1.61 bits per heavy atom. The first-order valence-electron chi connectivity index (χ1n) is 18.7. The summed E-state index contributed by atoms with van der Waals surface area (Å²) in [5, 5.41) is 6.03. The summed E-state index contributed by atoms with van der Waals surface area (Å²) in [6, 6.07) is 7.24. The Bertz CT molecular complexity index is 2110. The maximum Gasteiger partial charge on any atom is 0.407 e. The van der Waals surface area contributed by atoms with Gasteiger partial charge in [-0.05, 0) is 106 Å². The fourth-order valence-corrected chi connectivity index (χ4v) is 9.12. The summed E-state index contributed by atoms with van der Waals surface area (Å²) in [6.45, 7) is 22.3. The second-order valence-electron chi connectivity index (χ2n) is 18.3. The molecular weight excluding hydrogens is 728 g/mol. The number of hydrogen-bond donors (Lipinski definition) is 2. The SMILES string of the molecule is Cc1c(F)cc(C(=O)NC2CC2)cc1-c1ccc2c(=O)n(CC(C)(C)CO[Si](C)(C)C(C)(C)C)cc(S(=O)(=O)N3CC[C@@H](NC(=O)OC(C)(C)C)C3)c2c1. The van der Waals surface area contributed by atoms with E-state index in [0.29, 0.717) is 24.2 Å². The summed E-state index contributed by atoms with van der Waals surface area (Å²) in [5.74, 6) is -0.951. The monoisotopic (exact) mass is 784 g/mol. The number of nitrogens with zero attached hydrogens (tertiary/aromatic N) is 2. The number of aromatic nitrogens is 1. The molecular formula is C40H57FN4O7SSi. The zero-order chi connectivity index (χ0) is 40.2. The summed E-state index contributed by atoms with van der Waals surface area (Å²) in [4.78, 5) is 39.6. The fourth-order valence-electron chi connectivity index (χ4n) is 6.23. The number of fused-ring (bicyclic) bond motifs is 1. The van der Waals surface area contributed by atoms with Gasteiger partial charge in [-0.15, -0.1) is 0 Å². The molecule has 2 aromatic carbocycles. The molecule has 1 aromatic heterocycles. The molecule has 0 unspecified atom stereocenters. The lowest BCUT2D eigenvalue weighted by Crippen LogP contribution is -2.44.